The van der Waals surface area contributed by atoms with Gasteiger partial charge in [-0.15, -0.1) is 0 Å². The molecular weight excluding hydrogens is 244 g/mol. The molecule has 0 saturated heterocycles. The Bertz CT molecular complexity index is 434. The Labute approximate surface area is 113 Å². The van der Waals surface area contributed by atoms with Gasteiger partial charge in [0.2, 0.25) is 0 Å². The van der Waals surface area contributed by atoms with Crippen molar-refractivity contribution in [2.75, 3.05) is 7.05 Å². The summed E-state index contributed by atoms with van der Waals surface area (Å²) in [6.07, 6.45) is 8.86. The van der Waals surface area contributed by atoms with Gasteiger partial charge in [-0.1, -0.05) is 18.1 Å². The molecule has 1 unspecified atom stereocenters. The van der Waals surface area contributed by atoms with Gasteiger partial charge < -0.3 is 5.32 Å². The second-order valence-corrected chi connectivity index (χ2v) is 5.20. The summed E-state index contributed by atoms with van der Waals surface area (Å²) >= 11 is 0. The number of halogens is 2. The second-order valence-electron chi connectivity index (χ2n) is 5.20. The topological polar surface area (TPSA) is 12.0 Å². The van der Waals surface area contributed by atoms with E-state index in [0.29, 0.717) is 12.0 Å². The molecule has 19 heavy (non-hydrogen) atoms. The molecule has 0 fully saturated rings. The lowest BCUT2D eigenvalue weighted by molar-refractivity contribution is 0.566. The van der Waals surface area contributed by atoms with Crippen molar-refractivity contribution in [2.24, 2.45) is 0 Å². The predicted octanol–water partition coefficient (Wildman–Crippen LogP) is 3.99. The van der Waals surface area contributed by atoms with Crippen LogP contribution in [0.5, 0.6) is 0 Å². The quantitative estimate of drug-likeness (QED) is 0.812. The number of allylic oxidation sites excluding steroid dienone is 1. The maximum absolute atomic E-state index is 13.2. The number of rotatable bonds is 4. The molecule has 0 aromatic heterocycles. The maximum Gasteiger partial charge on any atom is 0.126 e. The summed E-state index contributed by atoms with van der Waals surface area (Å²) in [4.78, 5) is 0. The molecule has 0 radical (unpaired) electrons. The average Bonchev–Trinajstić information content (AvgIpc) is 2.63. The monoisotopic (exact) mass is 265 g/mol. The highest BCUT2D eigenvalue weighted by Gasteiger charge is 2.15. The van der Waals surface area contributed by atoms with E-state index in [0.717, 1.165) is 18.9 Å². The van der Waals surface area contributed by atoms with E-state index >= 15 is 0 Å². The van der Waals surface area contributed by atoms with Crippen LogP contribution in [0.2, 0.25) is 0 Å². The molecule has 1 aromatic carbocycles. The van der Waals surface area contributed by atoms with E-state index in [1.165, 1.54) is 37.0 Å². The van der Waals surface area contributed by atoms with Gasteiger partial charge in [-0.2, -0.15) is 0 Å². The van der Waals surface area contributed by atoms with Crippen LogP contribution in [0.15, 0.2) is 29.8 Å². The first-order chi connectivity index (χ1) is 9.19. The Hall–Kier alpha value is -1.22. The van der Waals surface area contributed by atoms with Gasteiger partial charge in [0.25, 0.3) is 0 Å². The Morgan fingerprint density at radius 3 is 2.53 bits per heavy atom. The van der Waals surface area contributed by atoms with Crippen molar-refractivity contribution in [3.05, 3.63) is 47.0 Å². The normalized spacial score (nSPS) is 17.7. The van der Waals surface area contributed by atoms with Crippen molar-refractivity contribution >= 4 is 0 Å². The molecule has 104 valence electrons. The van der Waals surface area contributed by atoms with Crippen molar-refractivity contribution < 1.29 is 8.78 Å². The van der Waals surface area contributed by atoms with Crippen LogP contribution in [0.4, 0.5) is 8.78 Å². The van der Waals surface area contributed by atoms with E-state index < -0.39 is 11.6 Å². The van der Waals surface area contributed by atoms with Crippen LogP contribution in [-0.4, -0.2) is 13.1 Å². The van der Waals surface area contributed by atoms with Crippen LogP contribution in [-0.2, 0) is 6.42 Å². The number of benzene rings is 1. The highest BCUT2D eigenvalue weighted by Crippen LogP contribution is 2.22. The SMILES string of the molecule is CNC(Cc1cc(F)cc(F)c1)C1=CCCCCC1. The Kier molecular flexibility index (Phi) is 5.08. The van der Waals surface area contributed by atoms with Gasteiger partial charge in [0.15, 0.2) is 0 Å². The minimum Gasteiger partial charge on any atom is -0.313 e. The third-order valence-electron chi connectivity index (χ3n) is 3.73. The molecule has 0 aliphatic heterocycles. The second kappa shape index (κ2) is 6.80. The third-order valence-corrected chi connectivity index (χ3v) is 3.73. The van der Waals surface area contributed by atoms with Gasteiger partial charge in [-0.05, 0) is 56.8 Å². The van der Waals surface area contributed by atoms with Gasteiger partial charge in [0.05, 0.1) is 0 Å². The van der Waals surface area contributed by atoms with Crippen LogP contribution in [0, 0.1) is 11.6 Å². The summed E-state index contributed by atoms with van der Waals surface area (Å²) in [5, 5.41) is 3.27. The molecule has 1 aliphatic carbocycles. The summed E-state index contributed by atoms with van der Waals surface area (Å²) in [5.41, 5.74) is 2.09. The molecule has 3 heteroatoms. The van der Waals surface area contributed by atoms with Crippen molar-refractivity contribution in [1.82, 2.24) is 5.32 Å². The first-order valence-corrected chi connectivity index (χ1v) is 7.00. The fourth-order valence-electron chi connectivity index (χ4n) is 2.74. The number of likely N-dealkylation sites (N-methyl/N-ethyl adjacent to an activating group) is 1. The molecular formula is C16H21F2N. The molecule has 1 aromatic rings. The van der Waals surface area contributed by atoms with E-state index in [9.17, 15) is 8.78 Å². The molecule has 1 N–H and O–H groups in total. The molecule has 0 heterocycles. The molecule has 0 spiro atoms. The largest absolute Gasteiger partial charge is 0.313 e. The van der Waals surface area contributed by atoms with Gasteiger partial charge in [-0.3, -0.25) is 0 Å². The van der Waals surface area contributed by atoms with E-state index in [1.54, 1.807) is 0 Å². The lowest BCUT2D eigenvalue weighted by atomic mass is 9.95. The molecule has 0 saturated carbocycles. The fourth-order valence-corrected chi connectivity index (χ4v) is 2.74. The first kappa shape index (κ1) is 14.2. The van der Waals surface area contributed by atoms with Crippen molar-refractivity contribution in [2.45, 2.75) is 44.6 Å². The zero-order valence-corrected chi connectivity index (χ0v) is 11.4. The van der Waals surface area contributed by atoms with Crippen molar-refractivity contribution in [3.63, 3.8) is 0 Å². The van der Waals surface area contributed by atoms with Crippen LogP contribution in [0.3, 0.4) is 0 Å². The van der Waals surface area contributed by atoms with Crippen LogP contribution >= 0.6 is 0 Å². The minimum atomic E-state index is -0.500. The number of hydrogen-bond donors (Lipinski definition) is 1. The first-order valence-electron chi connectivity index (χ1n) is 7.00. The smallest absolute Gasteiger partial charge is 0.126 e. The van der Waals surface area contributed by atoms with Crippen LogP contribution < -0.4 is 5.32 Å². The lowest BCUT2D eigenvalue weighted by Crippen LogP contribution is -2.29. The van der Waals surface area contributed by atoms with E-state index in [1.807, 2.05) is 7.05 Å². The molecule has 1 atom stereocenters. The average molecular weight is 265 g/mol. The van der Waals surface area contributed by atoms with Crippen LogP contribution in [0.25, 0.3) is 0 Å². The zero-order valence-electron chi connectivity index (χ0n) is 11.4. The van der Waals surface area contributed by atoms with E-state index in [2.05, 4.69) is 11.4 Å². The summed E-state index contributed by atoms with van der Waals surface area (Å²) < 4.78 is 26.4. The summed E-state index contributed by atoms with van der Waals surface area (Å²) in [6, 6.07) is 3.94. The van der Waals surface area contributed by atoms with Crippen molar-refractivity contribution in [1.29, 1.82) is 0 Å². The molecule has 0 amide bonds. The van der Waals surface area contributed by atoms with Gasteiger partial charge in [-0.25, -0.2) is 8.78 Å². The zero-order chi connectivity index (χ0) is 13.7. The summed E-state index contributed by atoms with van der Waals surface area (Å²) in [5.74, 6) is -1.00. The molecule has 0 bridgehead atoms. The Balaban J connectivity index is 2.11. The Morgan fingerprint density at radius 2 is 1.84 bits per heavy atom. The number of nitrogens with one attached hydrogen (secondary N) is 1. The molecule has 1 aliphatic rings. The third kappa shape index (κ3) is 4.13. The fraction of sp³-hybridized carbons (Fsp3) is 0.500. The van der Waals surface area contributed by atoms with E-state index in [-0.39, 0.29) is 6.04 Å². The van der Waals surface area contributed by atoms with Crippen LogP contribution in [0.1, 0.15) is 37.7 Å². The van der Waals surface area contributed by atoms with Gasteiger partial charge in [0.1, 0.15) is 11.6 Å². The van der Waals surface area contributed by atoms with Gasteiger partial charge in [0, 0.05) is 12.1 Å². The predicted molar refractivity (Wildman–Crippen MR) is 74.1 cm³/mol. The highest BCUT2D eigenvalue weighted by molar-refractivity contribution is 5.23. The van der Waals surface area contributed by atoms with E-state index in [4.69, 9.17) is 0 Å². The molecule has 1 nitrogen and oxygen atoms in total. The highest BCUT2D eigenvalue weighted by atomic mass is 19.1. The van der Waals surface area contributed by atoms with Crippen molar-refractivity contribution in [3.8, 4) is 0 Å². The maximum atomic E-state index is 13.2. The number of hydrogen-bond acceptors (Lipinski definition) is 1. The molecule has 2 rings (SSSR count). The summed E-state index contributed by atoms with van der Waals surface area (Å²) in [7, 11) is 1.91. The minimum absolute atomic E-state index is 0.180. The Morgan fingerprint density at radius 1 is 1.11 bits per heavy atom. The van der Waals surface area contributed by atoms with Gasteiger partial charge >= 0.3 is 0 Å². The standard InChI is InChI=1S/C16H21F2N/c1-19-16(13-6-4-2-3-5-7-13)10-12-8-14(17)11-15(18)9-12/h6,8-9,11,16,19H,2-5,7,10H2,1H3. The summed E-state index contributed by atoms with van der Waals surface area (Å²) in [6.45, 7) is 0. The lowest BCUT2D eigenvalue weighted by Gasteiger charge is -2.20.